The molecule has 0 saturated heterocycles. The zero-order valence-electron chi connectivity index (χ0n) is 10.3. The average molecular weight is 278 g/mol. The van der Waals surface area contributed by atoms with Crippen molar-refractivity contribution in [2.45, 2.75) is 17.9 Å². The normalized spacial score (nSPS) is 13.1. The van der Waals surface area contributed by atoms with Crippen molar-refractivity contribution in [3.63, 3.8) is 0 Å². The molecule has 0 spiro atoms. The Kier molecular flexibility index (Phi) is 3.82. The summed E-state index contributed by atoms with van der Waals surface area (Å²) in [6, 6.07) is 11.4. The Balaban J connectivity index is 2.22. The van der Waals surface area contributed by atoms with E-state index in [1.165, 1.54) is 18.3 Å². The van der Waals surface area contributed by atoms with Crippen LogP contribution in [0.15, 0.2) is 58.4 Å². The third-order valence-electron chi connectivity index (χ3n) is 2.70. The second kappa shape index (κ2) is 5.38. The van der Waals surface area contributed by atoms with Crippen LogP contribution in [0.1, 0.15) is 18.5 Å². The number of rotatable bonds is 4. The Morgan fingerprint density at radius 1 is 1.11 bits per heavy atom. The highest BCUT2D eigenvalue weighted by Gasteiger charge is 2.18. The zero-order chi connectivity index (χ0) is 13.9. The van der Waals surface area contributed by atoms with Crippen LogP contribution in [0.5, 0.6) is 0 Å². The van der Waals surface area contributed by atoms with Gasteiger partial charge < -0.3 is 4.98 Å². The third-order valence-corrected chi connectivity index (χ3v) is 4.24. The lowest BCUT2D eigenvalue weighted by Crippen LogP contribution is -2.27. The highest BCUT2D eigenvalue weighted by molar-refractivity contribution is 7.89. The maximum absolute atomic E-state index is 12.1. The molecule has 0 aliphatic heterocycles. The van der Waals surface area contributed by atoms with Gasteiger partial charge in [0.15, 0.2) is 0 Å². The number of nitrogens with one attached hydrogen (secondary N) is 2. The summed E-state index contributed by atoms with van der Waals surface area (Å²) in [4.78, 5) is 13.3. The van der Waals surface area contributed by atoms with E-state index in [1.54, 1.807) is 6.92 Å². The summed E-state index contributed by atoms with van der Waals surface area (Å²) in [5.41, 5.74) is 0.533. The molecule has 0 bridgehead atoms. The first-order valence-corrected chi connectivity index (χ1v) is 7.23. The molecule has 2 rings (SSSR count). The molecule has 1 atom stereocenters. The molecule has 2 N–H and O–H groups in total. The van der Waals surface area contributed by atoms with Crippen molar-refractivity contribution in [3.8, 4) is 0 Å². The first-order chi connectivity index (χ1) is 8.99. The van der Waals surface area contributed by atoms with E-state index in [2.05, 4.69) is 9.71 Å². The van der Waals surface area contributed by atoms with Crippen LogP contribution in [0.25, 0.3) is 0 Å². The number of hydrogen-bond donors (Lipinski definition) is 2. The second-order valence-corrected chi connectivity index (χ2v) is 5.86. The fraction of sp³-hybridized carbons (Fsp3) is 0.154. The Bertz CT molecular complexity index is 688. The van der Waals surface area contributed by atoms with Gasteiger partial charge in [-0.05, 0) is 18.6 Å². The summed E-state index contributed by atoms with van der Waals surface area (Å²) in [7, 11) is -3.64. The quantitative estimate of drug-likeness (QED) is 0.887. The van der Waals surface area contributed by atoms with Crippen molar-refractivity contribution in [1.29, 1.82) is 0 Å². The van der Waals surface area contributed by atoms with Crippen molar-refractivity contribution in [1.82, 2.24) is 9.71 Å². The topological polar surface area (TPSA) is 79.0 Å². The Hall–Kier alpha value is -1.92. The summed E-state index contributed by atoms with van der Waals surface area (Å²) < 4.78 is 26.7. The van der Waals surface area contributed by atoms with Gasteiger partial charge >= 0.3 is 0 Å². The summed E-state index contributed by atoms with van der Waals surface area (Å²) in [5.74, 6) is 0. The molecule has 1 aromatic carbocycles. The van der Waals surface area contributed by atoms with Gasteiger partial charge in [0.1, 0.15) is 0 Å². The number of H-pyrrole nitrogens is 1. The fourth-order valence-electron chi connectivity index (χ4n) is 1.67. The monoisotopic (exact) mass is 278 g/mol. The van der Waals surface area contributed by atoms with E-state index in [4.69, 9.17) is 0 Å². The number of benzene rings is 1. The van der Waals surface area contributed by atoms with E-state index in [-0.39, 0.29) is 16.5 Å². The van der Waals surface area contributed by atoms with Gasteiger partial charge in [-0.1, -0.05) is 30.3 Å². The molecule has 1 unspecified atom stereocenters. The molecule has 6 heteroatoms. The maximum atomic E-state index is 12.1. The highest BCUT2D eigenvalue weighted by Crippen LogP contribution is 2.15. The maximum Gasteiger partial charge on any atom is 0.247 e. The average Bonchev–Trinajstić information content (AvgIpc) is 2.40. The first kappa shape index (κ1) is 13.5. The van der Waals surface area contributed by atoms with Gasteiger partial charge in [-0.15, -0.1) is 0 Å². The SMILES string of the molecule is CC(NS(=O)(=O)c1ccc(=O)[nH]c1)c1ccccc1. The molecule has 0 saturated carbocycles. The van der Waals surface area contributed by atoms with Crippen LogP contribution in [0.4, 0.5) is 0 Å². The minimum Gasteiger partial charge on any atom is -0.328 e. The van der Waals surface area contributed by atoms with E-state index in [0.29, 0.717) is 0 Å². The van der Waals surface area contributed by atoms with Gasteiger partial charge in [0.2, 0.25) is 15.6 Å². The Labute approximate surface area is 111 Å². The van der Waals surface area contributed by atoms with E-state index in [0.717, 1.165) is 5.56 Å². The van der Waals surface area contributed by atoms with Crippen LogP contribution in [-0.2, 0) is 10.0 Å². The van der Waals surface area contributed by atoms with Crippen molar-refractivity contribution in [2.75, 3.05) is 0 Å². The van der Waals surface area contributed by atoms with Crippen LogP contribution in [0, 0.1) is 0 Å². The molecular formula is C13H14N2O3S. The van der Waals surface area contributed by atoms with Gasteiger partial charge in [0.05, 0.1) is 4.90 Å². The molecular weight excluding hydrogens is 264 g/mol. The van der Waals surface area contributed by atoms with Gasteiger partial charge in [-0.25, -0.2) is 13.1 Å². The van der Waals surface area contributed by atoms with Gasteiger partial charge in [-0.3, -0.25) is 4.79 Å². The van der Waals surface area contributed by atoms with Gasteiger partial charge in [-0.2, -0.15) is 0 Å². The summed E-state index contributed by atoms with van der Waals surface area (Å²) >= 11 is 0. The van der Waals surface area contributed by atoms with Crippen LogP contribution >= 0.6 is 0 Å². The molecule has 0 amide bonds. The van der Waals surface area contributed by atoms with Crippen molar-refractivity contribution in [3.05, 3.63) is 64.6 Å². The largest absolute Gasteiger partial charge is 0.328 e. The van der Waals surface area contributed by atoms with Crippen molar-refractivity contribution in [2.24, 2.45) is 0 Å². The van der Waals surface area contributed by atoms with E-state index < -0.39 is 10.0 Å². The smallest absolute Gasteiger partial charge is 0.247 e. The van der Waals surface area contributed by atoms with Crippen LogP contribution in [0.2, 0.25) is 0 Å². The molecule has 2 aromatic rings. The molecule has 1 heterocycles. The lowest BCUT2D eigenvalue weighted by molar-refractivity contribution is 0.566. The predicted molar refractivity (Wildman–Crippen MR) is 72.2 cm³/mol. The zero-order valence-corrected chi connectivity index (χ0v) is 11.1. The number of sulfonamides is 1. The summed E-state index contributed by atoms with van der Waals surface area (Å²) in [5, 5.41) is 0. The molecule has 19 heavy (non-hydrogen) atoms. The van der Waals surface area contributed by atoms with E-state index in [1.807, 2.05) is 30.3 Å². The summed E-state index contributed by atoms with van der Waals surface area (Å²) in [6.45, 7) is 1.76. The predicted octanol–water partition coefficient (Wildman–Crippen LogP) is 1.41. The Morgan fingerprint density at radius 3 is 2.37 bits per heavy atom. The van der Waals surface area contributed by atoms with E-state index >= 15 is 0 Å². The molecule has 0 aliphatic rings. The molecule has 0 radical (unpaired) electrons. The first-order valence-electron chi connectivity index (χ1n) is 5.75. The van der Waals surface area contributed by atoms with Crippen molar-refractivity contribution < 1.29 is 8.42 Å². The molecule has 0 aliphatic carbocycles. The molecule has 5 nitrogen and oxygen atoms in total. The van der Waals surface area contributed by atoms with Gasteiger partial charge in [0.25, 0.3) is 0 Å². The van der Waals surface area contributed by atoms with Crippen LogP contribution in [-0.4, -0.2) is 13.4 Å². The van der Waals surface area contributed by atoms with Crippen molar-refractivity contribution >= 4 is 10.0 Å². The minimum absolute atomic E-state index is 0.0369. The number of hydrogen-bond acceptors (Lipinski definition) is 3. The lowest BCUT2D eigenvalue weighted by atomic mass is 10.1. The fourth-order valence-corrected chi connectivity index (χ4v) is 2.87. The summed E-state index contributed by atoms with van der Waals surface area (Å²) in [6.07, 6.45) is 1.18. The Morgan fingerprint density at radius 2 is 1.79 bits per heavy atom. The van der Waals surface area contributed by atoms with Crippen LogP contribution < -0.4 is 10.3 Å². The molecule has 0 fully saturated rings. The number of pyridine rings is 1. The standard InChI is InChI=1S/C13H14N2O3S/c1-10(11-5-3-2-4-6-11)15-19(17,18)12-7-8-13(16)14-9-12/h2-10,15H,1H3,(H,14,16). The third kappa shape index (κ3) is 3.30. The molecule has 100 valence electrons. The lowest BCUT2D eigenvalue weighted by Gasteiger charge is -2.14. The van der Waals surface area contributed by atoms with E-state index in [9.17, 15) is 13.2 Å². The number of aromatic nitrogens is 1. The van der Waals surface area contributed by atoms with Gasteiger partial charge in [0, 0.05) is 18.3 Å². The minimum atomic E-state index is -3.64. The highest BCUT2D eigenvalue weighted by atomic mass is 32.2. The second-order valence-electron chi connectivity index (χ2n) is 4.14. The molecule has 1 aromatic heterocycles. The van der Waals surface area contributed by atoms with Crippen LogP contribution in [0.3, 0.4) is 0 Å². The number of aromatic amines is 1.